The Hall–Kier alpha value is -0.0800. The quantitative estimate of drug-likeness (QED) is 0.661. The van der Waals surface area contributed by atoms with E-state index in [2.05, 4.69) is 37.6 Å². The van der Waals surface area contributed by atoms with Crippen molar-refractivity contribution in [3.63, 3.8) is 0 Å². The lowest BCUT2D eigenvalue weighted by molar-refractivity contribution is 0.183. The number of rotatable bonds is 2. The van der Waals surface area contributed by atoms with E-state index in [1.54, 1.807) is 0 Å². The van der Waals surface area contributed by atoms with Gasteiger partial charge in [0.05, 0.1) is 0 Å². The Balaban J connectivity index is 1.91. The third-order valence-corrected chi connectivity index (χ3v) is 4.24. The van der Waals surface area contributed by atoms with Gasteiger partial charge >= 0.3 is 0 Å². The Labute approximate surface area is 88.3 Å². The topological polar surface area (TPSA) is 6.48 Å². The van der Waals surface area contributed by atoms with Gasteiger partial charge in [0, 0.05) is 32.2 Å². The van der Waals surface area contributed by atoms with Crippen molar-refractivity contribution in [3.05, 3.63) is 0 Å². The Morgan fingerprint density at radius 1 is 0.929 bits per heavy atom. The van der Waals surface area contributed by atoms with Crippen molar-refractivity contribution >= 4 is 0 Å². The van der Waals surface area contributed by atoms with Crippen LogP contribution < -0.4 is 0 Å². The van der Waals surface area contributed by atoms with Crippen molar-refractivity contribution in [2.75, 3.05) is 33.2 Å². The van der Waals surface area contributed by atoms with Gasteiger partial charge in [-0.2, -0.15) is 0 Å². The molecule has 2 saturated heterocycles. The van der Waals surface area contributed by atoms with Crippen LogP contribution in [-0.4, -0.2) is 49.1 Å². The fraction of sp³-hybridized carbons (Fsp3) is 1.00. The predicted molar refractivity (Wildman–Crippen MR) is 60.4 cm³/mol. The predicted octanol–water partition coefficient (Wildman–Crippen LogP) is 1.52. The number of fused-ring (bicyclic) bond motifs is 1. The molecule has 0 spiro atoms. The number of hydrogen-bond donors (Lipinski definition) is 0. The van der Waals surface area contributed by atoms with Crippen LogP contribution in [0.2, 0.25) is 0 Å². The van der Waals surface area contributed by atoms with E-state index in [4.69, 9.17) is 0 Å². The van der Waals surface area contributed by atoms with Crippen molar-refractivity contribution in [1.82, 2.24) is 9.80 Å². The lowest BCUT2D eigenvalue weighted by atomic mass is 10.0. The van der Waals surface area contributed by atoms with Gasteiger partial charge in [0.25, 0.3) is 0 Å². The summed E-state index contributed by atoms with van der Waals surface area (Å²) < 4.78 is 0. The van der Waals surface area contributed by atoms with Gasteiger partial charge in [0.1, 0.15) is 0 Å². The summed E-state index contributed by atoms with van der Waals surface area (Å²) in [4.78, 5) is 5.19. The van der Waals surface area contributed by atoms with Crippen molar-refractivity contribution in [2.24, 2.45) is 17.8 Å². The Bertz CT molecular complexity index is 188. The van der Waals surface area contributed by atoms with Gasteiger partial charge < -0.3 is 4.90 Å². The zero-order valence-electron chi connectivity index (χ0n) is 10.0. The average molecular weight is 196 g/mol. The van der Waals surface area contributed by atoms with Crippen molar-refractivity contribution in [2.45, 2.75) is 26.8 Å². The van der Waals surface area contributed by atoms with Crippen LogP contribution in [0.5, 0.6) is 0 Å². The molecule has 2 aliphatic heterocycles. The molecule has 2 fully saturated rings. The summed E-state index contributed by atoms with van der Waals surface area (Å²) in [5.41, 5.74) is 0. The SMILES string of the molecule is CC(C)C(C)N1CC2CN(C)CC2C1. The Morgan fingerprint density at radius 3 is 1.86 bits per heavy atom. The molecule has 0 bridgehead atoms. The lowest BCUT2D eigenvalue weighted by Crippen LogP contribution is -2.37. The van der Waals surface area contributed by atoms with Crippen LogP contribution in [0.25, 0.3) is 0 Å². The van der Waals surface area contributed by atoms with Gasteiger partial charge in [-0.25, -0.2) is 0 Å². The second-order valence-corrected chi connectivity index (χ2v) is 5.68. The molecule has 0 aromatic carbocycles. The molecule has 2 aliphatic rings. The molecule has 0 saturated carbocycles. The first-order valence-corrected chi connectivity index (χ1v) is 6.00. The molecule has 0 aromatic heterocycles. The normalized spacial score (nSPS) is 36.6. The highest BCUT2D eigenvalue weighted by molar-refractivity contribution is 4.93. The van der Waals surface area contributed by atoms with E-state index in [0.717, 1.165) is 23.8 Å². The number of likely N-dealkylation sites (tertiary alicyclic amines) is 2. The van der Waals surface area contributed by atoms with E-state index in [0.29, 0.717) is 0 Å². The third-order valence-electron chi connectivity index (χ3n) is 4.24. The van der Waals surface area contributed by atoms with Crippen molar-refractivity contribution in [3.8, 4) is 0 Å². The molecule has 0 N–H and O–H groups in total. The van der Waals surface area contributed by atoms with Crippen LogP contribution in [0.4, 0.5) is 0 Å². The number of nitrogens with zero attached hydrogens (tertiary/aromatic N) is 2. The number of hydrogen-bond acceptors (Lipinski definition) is 2. The van der Waals surface area contributed by atoms with E-state index in [9.17, 15) is 0 Å². The van der Waals surface area contributed by atoms with E-state index in [1.807, 2.05) is 0 Å². The van der Waals surface area contributed by atoms with Crippen LogP contribution in [0.3, 0.4) is 0 Å². The van der Waals surface area contributed by atoms with Gasteiger partial charge in [-0.05, 0) is 31.7 Å². The molecule has 2 nitrogen and oxygen atoms in total. The highest BCUT2D eigenvalue weighted by Crippen LogP contribution is 2.32. The molecule has 0 amide bonds. The molecule has 82 valence electrons. The lowest BCUT2D eigenvalue weighted by Gasteiger charge is -2.28. The largest absolute Gasteiger partial charge is 0.306 e. The maximum atomic E-state index is 2.70. The van der Waals surface area contributed by atoms with Crippen LogP contribution in [0, 0.1) is 17.8 Å². The summed E-state index contributed by atoms with van der Waals surface area (Å²) in [5.74, 6) is 2.72. The molecule has 2 rings (SSSR count). The Morgan fingerprint density at radius 2 is 1.43 bits per heavy atom. The molecule has 14 heavy (non-hydrogen) atoms. The summed E-state index contributed by atoms with van der Waals surface area (Å²) in [6, 6.07) is 0.769. The molecule has 3 unspecified atom stereocenters. The van der Waals surface area contributed by atoms with Gasteiger partial charge in [0.15, 0.2) is 0 Å². The fourth-order valence-corrected chi connectivity index (χ4v) is 3.02. The minimum absolute atomic E-state index is 0.769. The van der Waals surface area contributed by atoms with Crippen LogP contribution in [0.15, 0.2) is 0 Å². The van der Waals surface area contributed by atoms with E-state index in [1.165, 1.54) is 26.2 Å². The first-order valence-electron chi connectivity index (χ1n) is 6.00. The molecule has 2 heterocycles. The van der Waals surface area contributed by atoms with Gasteiger partial charge in [-0.15, -0.1) is 0 Å². The van der Waals surface area contributed by atoms with Crippen LogP contribution >= 0.6 is 0 Å². The third kappa shape index (κ3) is 1.82. The smallest absolute Gasteiger partial charge is 0.00901 e. The standard InChI is InChI=1S/C12H24N2/c1-9(2)10(3)14-7-11-5-13(4)6-12(11)8-14/h9-12H,5-8H2,1-4H3. The van der Waals surface area contributed by atoms with Gasteiger partial charge in [-0.1, -0.05) is 13.8 Å². The van der Waals surface area contributed by atoms with E-state index in [-0.39, 0.29) is 0 Å². The molecule has 2 heteroatoms. The van der Waals surface area contributed by atoms with E-state index >= 15 is 0 Å². The minimum Gasteiger partial charge on any atom is -0.306 e. The molecular formula is C12H24N2. The highest BCUT2D eigenvalue weighted by atomic mass is 15.2. The summed E-state index contributed by atoms with van der Waals surface area (Å²) >= 11 is 0. The van der Waals surface area contributed by atoms with Crippen molar-refractivity contribution < 1.29 is 0 Å². The van der Waals surface area contributed by atoms with Crippen LogP contribution in [-0.2, 0) is 0 Å². The zero-order valence-corrected chi connectivity index (χ0v) is 10.0. The average Bonchev–Trinajstić information content (AvgIpc) is 2.59. The second-order valence-electron chi connectivity index (χ2n) is 5.68. The molecular weight excluding hydrogens is 172 g/mol. The first-order chi connectivity index (χ1) is 6.58. The van der Waals surface area contributed by atoms with Gasteiger partial charge in [-0.3, -0.25) is 4.90 Å². The van der Waals surface area contributed by atoms with E-state index < -0.39 is 0 Å². The summed E-state index contributed by atoms with van der Waals surface area (Å²) in [6.07, 6.45) is 0. The molecule has 0 radical (unpaired) electrons. The summed E-state index contributed by atoms with van der Waals surface area (Å²) in [5, 5.41) is 0. The maximum absolute atomic E-state index is 2.70. The zero-order chi connectivity index (χ0) is 10.3. The highest BCUT2D eigenvalue weighted by Gasteiger charge is 2.40. The molecule has 0 aliphatic carbocycles. The fourth-order valence-electron chi connectivity index (χ4n) is 3.02. The first kappa shape index (κ1) is 10.4. The monoisotopic (exact) mass is 196 g/mol. The molecule has 3 atom stereocenters. The summed E-state index contributed by atoms with van der Waals surface area (Å²) in [7, 11) is 2.26. The van der Waals surface area contributed by atoms with Gasteiger partial charge in [0.2, 0.25) is 0 Å². The van der Waals surface area contributed by atoms with Crippen LogP contribution in [0.1, 0.15) is 20.8 Å². The van der Waals surface area contributed by atoms with Crippen molar-refractivity contribution in [1.29, 1.82) is 0 Å². The minimum atomic E-state index is 0.769. The maximum Gasteiger partial charge on any atom is 0.00901 e. The second kappa shape index (κ2) is 3.82. The Kier molecular flexibility index (Phi) is 2.85. The summed E-state index contributed by atoms with van der Waals surface area (Å²) in [6.45, 7) is 12.4. The molecule has 0 aromatic rings.